The molecule has 0 spiro atoms. The van der Waals surface area contributed by atoms with E-state index in [1.165, 1.54) is 12.1 Å². The highest BCUT2D eigenvalue weighted by Crippen LogP contribution is 2.35. The number of benzene rings is 2. The number of ether oxygens (including phenoxy) is 1. The molecule has 1 saturated heterocycles. The standard InChI is InChI=1S/C29H36F3N7O2/c1-3-20-18-35-27(17-26(20)34-11-10-33)41-24-8-6-22(7-9-24)36-28(40)37-23-5-4-21(25(16-23)29(30,31)32)19-39-14-12-38(2)13-15-39/h4-9,16-18H,3,10-15,19,33H2,1-2H3,(H,34,35)(H2,36,37,40). The first-order valence-electron chi connectivity index (χ1n) is 13.5. The van der Waals surface area contributed by atoms with Crippen molar-refractivity contribution < 1.29 is 22.7 Å². The third kappa shape index (κ3) is 8.56. The van der Waals surface area contributed by atoms with E-state index in [1.54, 1.807) is 36.5 Å². The van der Waals surface area contributed by atoms with Crippen molar-refractivity contribution >= 4 is 23.1 Å². The molecule has 0 atom stereocenters. The van der Waals surface area contributed by atoms with E-state index in [9.17, 15) is 18.0 Å². The highest BCUT2D eigenvalue weighted by molar-refractivity contribution is 5.99. The molecule has 41 heavy (non-hydrogen) atoms. The van der Waals surface area contributed by atoms with Gasteiger partial charge in [0.05, 0.1) is 5.56 Å². The Balaban J connectivity index is 1.37. The third-order valence-electron chi connectivity index (χ3n) is 6.80. The molecule has 0 unspecified atom stereocenters. The lowest BCUT2D eigenvalue weighted by Crippen LogP contribution is -2.44. The number of aryl methyl sites for hydroxylation is 1. The number of likely N-dealkylation sites (N-methyl/N-ethyl adjacent to an activating group) is 1. The molecule has 0 bridgehead atoms. The zero-order chi connectivity index (χ0) is 29.4. The summed E-state index contributed by atoms with van der Waals surface area (Å²) >= 11 is 0. The Morgan fingerprint density at radius 1 is 1.00 bits per heavy atom. The van der Waals surface area contributed by atoms with Gasteiger partial charge in [0, 0.05) is 75.1 Å². The fourth-order valence-electron chi connectivity index (χ4n) is 4.50. The predicted octanol–water partition coefficient (Wildman–Crippen LogP) is 5.22. The molecule has 4 rings (SSSR count). The second-order valence-electron chi connectivity index (χ2n) is 9.90. The Bertz CT molecular complexity index is 1310. The molecule has 0 radical (unpaired) electrons. The smallest absolute Gasteiger partial charge is 0.416 e. The van der Waals surface area contributed by atoms with E-state index >= 15 is 0 Å². The maximum atomic E-state index is 13.9. The van der Waals surface area contributed by atoms with Crippen LogP contribution in [0.4, 0.5) is 35.0 Å². The van der Waals surface area contributed by atoms with E-state index < -0.39 is 17.8 Å². The van der Waals surface area contributed by atoms with Gasteiger partial charge in [-0.25, -0.2) is 9.78 Å². The Morgan fingerprint density at radius 3 is 2.34 bits per heavy atom. The number of nitrogens with one attached hydrogen (secondary N) is 3. The van der Waals surface area contributed by atoms with Crippen molar-refractivity contribution in [3.63, 3.8) is 0 Å². The van der Waals surface area contributed by atoms with Crippen LogP contribution in [0.15, 0.2) is 54.7 Å². The minimum Gasteiger partial charge on any atom is -0.439 e. The number of amides is 2. The largest absolute Gasteiger partial charge is 0.439 e. The van der Waals surface area contributed by atoms with E-state index in [-0.39, 0.29) is 17.8 Å². The number of urea groups is 1. The van der Waals surface area contributed by atoms with Crippen molar-refractivity contribution in [2.75, 3.05) is 62.3 Å². The number of carbonyl (C=O) groups is 1. The highest BCUT2D eigenvalue weighted by Gasteiger charge is 2.34. The predicted molar refractivity (Wildman–Crippen MR) is 155 cm³/mol. The second kappa shape index (κ2) is 13.7. The number of aromatic nitrogens is 1. The lowest BCUT2D eigenvalue weighted by molar-refractivity contribution is -0.138. The summed E-state index contributed by atoms with van der Waals surface area (Å²) < 4.78 is 47.4. The van der Waals surface area contributed by atoms with Crippen molar-refractivity contribution in [3.8, 4) is 11.6 Å². The van der Waals surface area contributed by atoms with Gasteiger partial charge in [-0.15, -0.1) is 0 Å². The van der Waals surface area contributed by atoms with Gasteiger partial charge in [-0.05, 0) is 61.0 Å². The molecule has 12 heteroatoms. The fraction of sp³-hybridized carbons (Fsp3) is 0.379. The number of halogens is 3. The summed E-state index contributed by atoms with van der Waals surface area (Å²) in [5, 5.41) is 8.39. The summed E-state index contributed by atoms with van der Waals surface area (Å²) in [4.78, 5) is 21.1. The van der Waals surface area contributed by atoms with Crippen molar-refractivity contribution in [1.29, 1.82) is 0 Å². The van der Waals surface area contributed by atoms with Gasteiger partial charge in [-0.2, -0.15) is 13.2 Å². The number of piperazine rings is 1. The van der Waals surface area contributed by atoms with E-state index in [1.807, 2.05) is 18.9 Å². The first kappa shape index (κ1) is 30.1. The van der Waals surface area contributed by atoms with Crippen LogP contribution in [0.1, 0.15) is 23.6 Å². The van der Waals surface area contributed by atoms with Gasteiger partial charge in [-0.3, -0.25) is 4.90 Å². The normalized spacial score (nSPS) is 14.5. The summed E-state index contributed by atoms with van der Waals surface area (Å²) in [7, 11) is 1.99. The number of pyridine rings is 1. The molecule has 9 nitrogen and oxygen atoms in total. The summed E-state index contributed by atoms with van der Waals surface area (Å²) in [6.07, 6.45) is -1.99. The molecule has 2 amide bonds. The van der Waals surface area contributed by atoms with Gasteiger partial charge in [0.25, 0.3) is 0 Å². The summed E-state index contributed by atoms with van der Waals surface area (Å²) in [5.41, 5.74) is 7.47. The van der Waals surface area contributed by atoms with E-state index in [0.29, 0.717) is 43.5 Å². The lowest BCUT2D eigenvalue weighted by atomic mass is 10.0. The SMILES string of the molecule is CCc1cnc(Oc2ccc(NC(=O)Nc3ccc(CN4CCN(C)CC4)c(C(F)(F)F)c3)cc2)cc1NCCN. The second-order valence-corrected chi connectivity index (χ2v) is 9.90. The van der Waals surface area contributed by atoms with Gasteiger partial charge in [0.15, 0.2) is 0 Å². The molecule has 0 saturated carbocycles. The zero-order valence-electron chi connectivity index (χ0n) is 23.2. The summed E-state index contributed by atoms with van der Waals surface area (Å²) in [6, 6.07) is 11.6. The third-order valence-corrected chi connectivity index (χ3v) is 6.80. The van der Waals surface area contributed by atoms with E-state index in [0.717, 1.165) is 36.8 Å². The molecule has 0 aliphatic carbocycles. The number of nitrogens with zero attached hydrogens (tertiary/aromatic N) is 3. The van der Waals surface area contributed by atoms with Crippen LogP contribution in [0.3, 0.4) is 0 Å². The first-order valence-corrected chi connectivity index (χ1v) is 13.5. The molecule has 3 aromatic rings. The van der Waals surface area contributed by atoms with Crippen LogP contribution < -0.4 is 26.4 Å². The Kier molecular flexibility index (Phi) is 10.0. The van der Waals surface area contributed by atoms with Crippen molar-refractivity contribution in [2.24, 2.45) is 5.73 Å². The van der Waals surface area contributed by atoms with Crippen LogP contribution in [0, 0.1) is 0 Å². The fourth-order valence-corrected chi connectivity index (χ4v) is 4.50. The highest BCUT2D eigenvalue weighted by atomic mass is 19.4. The van der Waals surface area contributed by atoms with Crippen LogP contribution in [0.5, 0.6) is 11.6 Å². The molecule has 1 aromatic heterocycles. The minimum absolute atomic E-state index is 0.0533. The van der Waals surface area contributed by atoms with Crippen LogP contribution in [-0.4, -0.2) is 67.1 Å². The number of hydrogen-bond donors (Lipinski definition) is 4. The molecule has 1 aliphatic rings. The summed E-state index contributed by atoms with van der Waals surface area (Å²) in [6.45, 7) is 6.38. The average Bonchev–Trinajstić information content (AvgIpc) is 2.94. The molecule has 220 valence electrons. The molecule has 5 N–H and O–H groups in total. The maximum Gasteiger partial charge on any atom is 0.416 e. The molecule has 1 aliphatic heterocycles. The van der Waals surface area contributed by atoms with Crippen LogP contribution in [0.25, 0.3) is 0 Å². The van der Waals surface area contributed by atoms with Crippen molar-refractivity contribution in [1.82, 2.24) is 14.8 Å². The molecular weight excluding hydrogens is 535 g/mol. The van der Waals surface area contributed by atoms with Gasteiger partial charge < -0.3 is 31.3 Å². The number of hydrogen-bond acceptors (Lipinski definition) is 7. The number of anilines is 3. The Labute approximate surface area is 237 Å². The molecule has 1 fully saturated rings. The number of nitrogens with two attached hydrogens (primary N) is 1. The minimum atomic E-state index is -4.54. The number of rotatable bonds is 10. The Hall–Kier alpha value is -3.87. The lowest BCUT2D eigenvalue weighted by Gasteiger charge is -2.33. The monoisotopic (exact) mass is 571 g/mol. The number of carbonyl (C=O) groups excluding carboxylic acids is 1. The molecule has 2 heterocycles. The van der Waals surface area contributed by atoms with Gasteiger partial charge in [0.2, 0.25) is 5.88 Å². The maximum absolute atomic E-state index is 13.9. The topological polar surface area (TPSA) is 108 Å². The van der Waals surface area contributed by atoms with Crippen LogP contribution in [0.2, 0.25) is 0 Å². The molecular formula is C29H36F3N7O2. The van der Waals surface area contributed by atoms with Crippen molar-refractivity contribution in [3.05, 3.63) is 71.4 Å². The number of alkyl halides is 3. The quantitative estimate of drug-likeness (QED) is 0.264. The zero-order valence-corrected chi connectivity index (χ0v) is 23.2. The van der Waals surface area contributed by atoms with Crippen LogP contribution in [-0.2, 0) is 19.1 Å². The average molecular weight is 572 g/mol. The van der Waals surface area contributed by atoms with Gasteiger partial charge in [-0.1, -0.05) is 13.0 Å². The van der Waals surface area contributed by atoms with E-state index in [2.05, 4.69) is 25.8 Å². The summed E-state index contributed by atoms with van der Waals surface area (Å²) in [5.74, 6) is 0.903. The van der Waals surface area contributed by atoms with E-state index in [4.69, 9.17) is 10.5 Å². The van der Waals surface area contributed by atoms with Gasteiger partial charge in [0.1, 0.15) is 5.75 Å². The van der Waals surface area contributed by atoms with Gasteiger partial charge >= 0.3 is 12.2 Å². The van der Waals surface area contributed by atoms with Crippen LogP contribution >= 0.6 is 0 Å². The first-order chi connectivity index (χ1) is 19.6. The Morgan fingerprint density at radius 2 is 1.68 bits per heavy atom. The molecule has 2 aromatic carbocycles. The van der Waals surface area contributed by atoms with Crippen molar-refractivity contribution in [2.45, 2.75) is 26.1 Å².